The molecule has 4 aromatic carbocycles. The van der Waals surface area contributed by atoms with Gasteiger partial charge in [0, 0.05) is 68.8 Å². The number of nitrogens with two attached hydrogens (primary N) is 1. The van der Waals surface area contributed by atoms with E-state index in [1.165, 1.54) is 18.1 Å². The van der Waals surface area contributed by atoms with Crippen molar-refractivity contribution in [3.63, 3.8) is 0 Å². The number of carbonyl (C=O) groups is 5. The minimum atomic E-state index is -1.42. The minimum Gasteiger partial charge on any atom is -0.388 e. The highest BCUT2D eigenvalue weighted by atomic mass is 16.5. The molecule has 0 unspecified atom stereocenters. The zero-order valence-electron chi connectivity index (χ0n) is 36.9. The third-order valence-corrected chi connectivity index (χ3v) is 11.9. The SMILES string of the molecule is C[C@@H]([C@H](NC(=O)[C@H](Cc1ccc2ccccc2c1)NC(=O)N[C@@H](Cc1c[nH]c2ccccc12)C(=O)NCc1ccccc1)C(=O)NC[C@H]1C[C@@H](O)[C@H](n2ccc(=O)[nH]c2=O)O1)N(C)C(=O)CN. The first-order chi connectivity index (χ1) is 32.3. The number of urea groups is 1. The number of hydrogen-bond donors (Lipinski definition) is 9. The van der Waals surface area contributed by atoms with Crippen molar-refractivity contribution in [1.29, 1.82) is 0 Å². The molecule has 0 aliphatic carbocycles. The third kappa shape index (κ3) is 11.8. The normalized spacial score (nSPS) is 17.5. The van der Waals surface area contributed by atoms with Crippen molar-refractivity contribution in [2.75, 3.05) is 20.1 Å². The predicted molar refractivity (Wildman–Crippen MR) is 249 cm³/mol. The lowest BCUT2D eigenvalue weighted by Crippen LogP contribution is -2.62. The number of ether oxygens (including phenoxy) is 1. The van der Waals surface area contributed by atoms with Gasteiger partial charge in [0.1, 0.15) is 24.2 Å². The number of nitrogens with one attached hydrogen (secondary N) is 7. The number of rotatable bonds is 18. The van der Waals surface area contributed by atoms with Crippen molar-refractivity contribution in [3.05, 3.63) is 153 Å². The molecule has 350 valence electrons. The molecule has 7 rings (SSSR count). The average Bonchev–Trinajstić information content (AvgIpc) is 3.92. The molecule has 0 radical (unpaired) electrons. The molecule has 10 N–H and O–H groups in total. The number of hydrogen-bond acceptors (Lipinski definition) is 10. The fourth-order valence-corrected chi connectivity index (χ4v) is 8.12. The highest BCUT2D eigenvalue weighted by Gasteiger charge is 2.38. The van der Waals surface area contributed by atoms with Crippen LogP contribution >= 0.6 is 0 Å². The van der Waals surface area contributed by atoms with Crippen LogP contribution in [-0.4, -0.2) is 111 Å². The Kier molecular flexibility index (Phi) is 15.3. The van der Waals surface area contributed by atoms with Gasteiger partial charge in [-0.25, -0.2) is 9.59 Å². The van der Waals surface area contributed by atoms with Gasteiger partial charge in [-0.3, -0.25) is 33.5 Å². The van der Waals surface area contributed by atoms with Crippen LogP contribution in [0.4, 0.5) is 4.79 Å². The summed E-state index contributed by atoms with van der Waals surface area (Å²) in [4.78, 5) is 100. The van der Waals surface area contributed by atoms with Crippen molar-refractivity contribution in [2.45, 2.75) is 75.3 Å². The molecule has 67 heavy (non-hydrogen) atoms. The molecular formula is C48H54N10O9. The fourth-order valence-electron chi connectivity index (χ4n) is 8.12. The van der Waals surface area contributed by atoms with Crippen LogP contribution in [0.2, 0.25) is 0 Å². The van der Waals surface area contributed by atoms with E-state index in [1.54, 1.807) is 13.1 Å². The number of H-pyrrole nitrogens is 2. The van der Waals surface area contributed by atoms with Crippen molar-refractivity contribution in [1.82, 2.24) is 46.0 Å². The first-order valence-electron chi connectivity index (χ1n) is 21.9. The first-order valence-corrected chi connectivity index (χ1v) is 21.9. The van der Waals surface area contributed by atoms with Gasteiger partial charge in [-0.2, -0.15) is 0 Å². The Bertz CT molecular complexity index is 2850. The molecule has 2 aromatic heterocycles. The number of aliphatic hydroxyl groups is 1. The van der Waals surface area contributed by atoms with E-state index < -0.39 is 83.5 Å². The summed E-state index contributed by atoms with van der Waals surface area (Å²) in [6.07, 6.45) is -0.0810. The summed E-state index contributed by atoms with van der Waals surface area (Å²) in [5.74, 6) is -2.50. The fraction of sp³-hybridized carbons (Fsp3) is 0.312. The van der Waals surface area contributed by atoms with Gasteiger partial charge in [-0.05, 0) is 40.5 Å². The standard InChI is InChI=1S/C48H54N10O9/c1-28(57(2)41(61)24-49)42(45(64)52-27-34-23-39(59)46(67-34)58-19-18-40(60)55-48(58)66)56-44(63)37(21-30-16-17-31-12-6-7-13-32(31)20-30)53-47(65)54-38(43(62)51-25-29-10-4-3-5-11-29)22-33-26-50-36-15-9-8-14-35(33)36/h3-20,26,28,34,37-39,42,46,50,59H,21-25,27,49H2,1-2H3,(H,51,62)(H,52,64)(H,56,63)(H2,53,54,65)(H,55,60,66)/t28-,34+,37-,38-,39+,42-,46+/m0/s1. The van der Waals surface area contributed by atoms with E-state index >= 15 is 0 Å². The second kappa shape index (κ2) is 21.6. The molecule has 1 saturated heterocycles. The van der Waals surface area contributed by atoms with Crippen LogP contribution in [0, 0.1) is 0 Å². The highest BCUT2D eigenvalue weighted by Crippen LogP contribution is 2.27. The van der Waals surface area contributed by atoms with Crippen LogP contribution in [0.15, 0.2) is 125 Å². The topological polar surface area (TPSA) is 275 Å². The van der Waals surface area contributed by atoms with Gasteiger partial charge in [0.25, 0.3) is 5.56 Å². The summed E-state index contributed by atoms with van der Waals surface area (Å²) in [5, 5.41) is 27.4. The van der Waals surface area contributed by atoms with Crippen LogP contribution in [-0.2, 0) is 43.3 Å². The van der Waals surface area contributed by atoms with E-state index in [9.17, 15) is 38.7 Å². The number of fused-ring (bicyclic) bond motifs is 2. The quantitative estimate of drug-likeness (QED) is 0.0592. The minimum absolute atomic E-state index is 0.00704. The molecule has 6 aromatic rings. The summed E-state index contributed by atoms with van der Waals surface area (Å²) in [6.45, 7) is 1.19. The largest absolute Gasteiger partial charge is 0.388 e. The maximum Gasteiger partial charge on any atom is 0.330 e. The number of amides is 6. The van der Waals surface area contributed by atoms with Crippen LogP contribution in [0.25, 0.3) is 21.7 Å². The van der Waals surface area contributed by atoms with Crippen molar-refractivity contribution in [3.8, 4) is 0 Å². The summed E-state index contributed by atoms with van der Waals surface area (Å²) in [5.41, 5.74) is 7.42. The number of benzene rings is 4. The maximum absolute atomic E-state index is 14.6. The predicted octanol–water partition coefficient (Wildman–Crippen LogP) is 1.06. The van der Waals surface area contributed by atoms with E-state index in [1.807, 2.05) is 97.1 Å². The zero-order valence-corrected chi connectivity index (χ0v) is 36.9. The molecular weight excluding hydrogens is 861 g/mol. The Morgan fingerprint density at radius 2 is 1.52 bits per heavy atom. The van der Waals surface area contributed by atoms with Crippen LogP contribution in [0.1, 0.15) is 36.3 Å². The van der Waals surface area contributed by atoms with E-state index in [-0.39, 0.29) is 38.9 Å². The number of aliphatic hydroxyl groups excluding tert-OH is 1. The lowest BCUT2D eigenvalue weighted by molar-refractivity contribution is -0.136. The van der Waals surface area contributed by atoms with Gasteiger partial charge in [0.15, 0.2) is 6.23 Å². The van der Waals surface area contributed by atoms with E-state index in [4.69, 9.17) is 10.5 Å². The number of carbonyl (C=O) groups excluding carboxylic acids is 5. The number of aromatic amines is 2. The first kappa shape index (κ1) is 47.4. The Labute approximate surface area is 384 Å². The van der Waals surface area contributed by atoms with Crippen LogP contribution in [0.3, 0.4) is 0 Å². The third-order valence-electron chi connectivity index (χ3n) is 11.9. The molecule has 0 spiro atoms. The van der Waals surface area contributed by atoms with Crippen molar-refractivity contribution < 1.29 is 33.8 Å². The molecule has 1 aliphatic rings. The molecule has 1 aliphatic heterocycles. The Morgan fingerprint density at radius 3 is 2.27 bits per heavy atom. The highest BCUT2D eigenvalue weighted by molar-refractivity contribution is 5.94. The Balaban J connectivity index is 1.12. The second-order valence-corrected chi connectivity index (χ2v) is 16.5. The molecule has 19 heteroatoms. The number of likely N-dealkylation sites (N-methyl/N-ethyl adjacent to an activating group) is 1. The monoisotopic (exact) mass is 914 g/mol. The van der Waals surface area contributed by atoms with E-state index in [0.29, 0.717) is 5.56 Å². The van der Waals surface area contributed by atoms with Crippen molar-refractivity contribution in [2.24, 2.45) is 5.73 Å². The summed E-state index contributed by atoms with van der Waals surface area (Å²) in [6, 6.07) is 25.6. The summed E-state index contributed by atoms with van der Waals surface area (Å²) in [7, 11) is 1.43. The van der Waals surface area contributed by atoms with E-state index in [2.05, 4.69) is 36.6 Å². The molecule has 0 saturated carbocycles. The molecule has 7 atom stereocenters. The molecule has 1 fully saturated rings. The average molecular weight is 915 g/mol. The van der Waals surface area contributed by atoms with Crippen LogP contribution < -0.4 is 43.6 Å². The van der Waals surface area contributed by atoms with E-state index in [0.717, 1.165) is 43.4 Å². The van der Waals surface area contributed by atoms with Gasteiger partial charge in [0.2, 0.25) is 23.6 Å². The van der Waals surface area contributed by atoms with Gasteiger partial charge >= 0.3 is 11.7 Å². The maximum atomic E-state index is 14.6. The van der Waals surface area contributed by atoms with Gasteiger partial charge in [-0.15, -0.1) is 0 Å². The number of nitrogens with zero attached hydrogens (tertiary/aromatic N) is 2. The van der Waals surface area contributed by atoms with Gasteiger partial charge in [-0.1, -0.05) is 91.0 Å². The summed E-state index contributed by atoms with van der Waals surface area (Å²) < 4.78 is 6.93. The zero-order chi connectivity index (χ0) is 47.6. The van der Waals surface area contributed by atoms with Gasteiger partial charge in [0.05, 0.1) is 18.7 Å². The number of para-hydroxylation sites is 1. The molecule has 19 nitrogen and oxygen atoms in total. The number of aromatic nitrogens is 3. The van der Waals surface area contributed by atoms with Gasteiger partial charge < -0.3 is 52.0 Å². The molecule has 3 heterocycles. The second-order valence-electron chi connectivity index (χ2n) is 16.5. The smallest absolute Gasteiger partial charge is 0.330 e. The molecule has 0 bridgehead atoms. The molecule has 6 amide bonds. The Hall–Kier alpha value is -7.61. The van der Waals surface area contributed by atoms with Crippen molar-refractivity contribution >= 4 is 51.3 Å². The summed E-state index contributed by atoms with van der Waals surface area (Å²) >= 11 is 0. The lowest BCUT2D eigenvalue weighted by atomic mass is 10.00. The van der Waals surface area contributed by atoms with Crippen LogP contribution in [0.5, 0.6) is 0 Å². The lowest BCUT2D eigenvalue weighted by Gasteiger charge is -2.33. The Morgan fingerprint density at radius 1 is 0.821 bits per heavy atom.